The topological polar surface area (TPSA) is 94.2 Å². The Morgan fingerprint density at radius 1 is 1.03 bits per heavy atom. The summed E-state index contributed by atoms with van der Waals surface area (Å²) < 4.78 is 15.9. The Morgan fingerprint density at radius 2 is 1.73 bits per heavy atom. The quantitative estimate of drug-likeness (QED) is 0.669. The van der Waals surface area contributed by atoms with E-state index in [0.717, 1.165) is 0 Å². The number of nitrogens with zero attached hydrogens (tertiary/aromatic N) is 1. The summed E-state index contributed by atoms with van der Waals surface area (Å²) in [5.74, 6) is -0.442. The first-order chi connectivity index (χ1) is 14.5. The van der Waals surface area contributed by atoms with E-state index in [0.29, 0.717) is 35.7 Å². The van der Waals surface area contributed by atoms with Gasteiger partial charge in [0.2, 0.25) is 12.9 Å². The standard InChI is InChI=1S/C22H24N2O6/c1-3-24(4-2)22(27)20(15-8-6-5-7-9-15)30-19(25)13-23-21(26)16-10-11-17-18(12-16)29-14-28-17/h5-12,20H,3-4,13-14H2,1-2H3,(H,23,26)/t20-/m0/s1. The number of ether oxygens (including phenoxy) is 3. The Morgan fingerprint density at radius 3 is 2.43 bits per heavy atom. The van der Waals surface area contributed by atoms with Gasteiger partial charge >= 0.3 is 5.97 Å². The summed E-state index contributed by atoms with van der Waals surface area (Å²) in [4.78, 5) is 39.2. The van der Waals surface area contributed by atoms with Gasteiger partial charge < -0.3 is 24.4 Å². The maximum Gasteiger partial charge on any atom is 0.326 e. The van der Waals surface area contributed by atoms with Gasteiger partial charge in [-0.15, -0.1) is 0 Å². The van der Waals surface area contributed by atoms with Crippen LogP contribution in [0.3, 0.4) is 0 Å². The average molecular weight is 412 g/mol. The minimum Gasteiger partial charge on any atom is -0.454 e. The van der Waals surface area contributed by atoms with Gasteiger partial charge in [-0.25, -0.2) is 0 Å². The summed E-state index contributed by atoms with van der Waals surface area (Å²) >= 11 is 0. The number of carbonyl (C=O) groups is 3. The zero-order valence-corrected chi connectivity index (χ0v) is 16.9. The Bertz CT molecular complexity index is 911. The smallest absolute Gasteiger partial charge is 0.326 e. The highest BCUT2D eigenvalue weighted by atomic mass is 16.7. The molecule has 8 nitrogen and oxygen atoms in total. The molecule has 0 bridgehead atoms. The van der Waals surface area contributed by atoms with Crippen molar-refractivity contribution in [2.75, 3.05) is 26.4 Å². The molecule has 158 valence electrons. The third-order valence-electron chi connectivity index (χ3n) is 4.68. The van der Waals surface area contributed by atoms with Crippen molar-refractivity contribution in [1.29, 1.82) is 0 Å². The molecule has 30 heavy (non-hydrogen) atoms. The van der Waals surface area contributed by atoms with Crippen LogP contribution in [0.25, 0.3) is 0 Å². The molecule has 2 amide bonds. The molecule has 2 aromatic carbocycles. The van der Waals surface area contributed by atoms with Gasteiger partial charge in [-0.3, -0.25) is 14.4 Å². The summed E-state index contributed by atoms with van der Waals surface area (Å²) in [7, 11) is 0. The SMILES string of the molecule is CCN(CC)C(=O)[C@@H](OC(=O)CNC(=O)c1ccc2c(c1)OCO2)c1ccccc1. The minimum absolute atomic E-state index is 0.105. The predicted octanol–water partition coefficient (Wildman–Crippen LogP) is 2.30. The Hall–Kier alpha value is -3.55. The van der Waals surface area contributed by atoms with Gasteiger partial charge in [-0.1, -0.05) is 30.3 Å². The molecule has 0 fully saturated rings. The number of carbonyl (C=O) groups excluding carboxylic acids is 3. The van der Waals surface area contributed by atoms with Crippen LogP contribution in [-0.4, -0.2) is 49.1 Å². The number of amides is 2. The molecule has 1 atom stereocenters. The van der Waals surface area contributed by atoms with Crippen molar-refractivity contribution in [2.24, 2.45) is 0 Å². The minimum atomic E-state index is -1.07. The number of nitrogens with one attached hydrogen (secondary N) is 1. The molecule has 1 aliphatic rings. The lowest BCUT2D eigenvalue weighted by molar-refractivity contribution is -0.160. The van der Waals surface area contributed by atoms with Crippen LogP contribution in [0.15, 0.2) is 48.5 Å². The second-order valence-corrected chi connectivity index (χ2v) is 6.54. The van der Waals surface area contributed by atoms with Crippen LogP contribution in [0.2, 0.25) is 0 Å². The van der Waals surface area contributed by atoms with Gasteiger partial charge in [0.15, 0.2) is 11.5 Å². The van der Waals surface area contributed by atoms with Gasteiger partial charge in [-0.2, -0.15) is 0 Å². The first-order valence-electron chi connectivity index (χ1n) is 9.74. The number of hydrogen-bond donors (Lipinski definition) is 1. The monoisotopic (exact) mass is 412 g/mol. The molecule has 0 aromatic heterocycles. The van der Waals surface area contributed by atoms with Crippen molar-refractivity contribution in [2.45, 2.75) is 20.0 Å². The molecule has 1 aliphatic heterocycles. The third-order valence-corrected chi connectivity index (χ3v) is 4.68. The number of fused-ring (bicyclic) bond motifs is 1. The van der Waals surface area contributed by atoms with E-state index in [4.69, 9.17) is 14.2 Å². The molecule has 0 saturated carbocycles. The highest BCUT2D eigenvalue weighted by Crippen LogP contribution is 2.32. The van der Waals surface area contributed by atoms with E-state index in [-0.39, 0.29) is 19.2 Å². The van der Waals surface area contributed by atoms with E-state index in [1.807, 2.05) is 19.9 Å². The molecule has 1 heterocycles. The van der Waals surface area contributed by atoms with E-state index >= 15 is 0 Å². The van der Waals surface area contributed by atoms with Crippen LogP contribution in [0.4, 0.5) is 0 Å². The Balaban J connectivity index is 1.64. The Labute approximate surface area is 174 Å². The normalized spacial score (nSPS) is 12.7. The van der Waals surface area contributed by atoms with Crippen molar-refractivity contribution < 1.29 is 28.6 Å². The van der Waals surface area contributed by atoms with E-state index in [1.165, 1.54) is 0 Å². The summed E-state index contributed by atoms with van der Waals surface area (Å²) in [5.41, 5.74) is 0.899. The number of hydrogen-bond acceptors (Lipinski definition) is 6. The fraction of sp³-hybridized carbons (Fsp3) is 0.318. The van der Waals surface area contributed by atoms with Crippen molar-refractivity contribution >= 4 is 17.8 Å². The zero-order chi connectivity index (χ0) is 21.5. The van der Waals surface area contributed by atoms with Crippen LogP contribution in [0, 0.1) is 0 Å². The average Bonchev–Trinajstić information content (AvgIpc) is 3.25. The summed E-state index contributed by atoms with van der Waals surface area (Å²) in [6, 6.07) is 13.6. The van der Waals surface area contributed by atoms with Crippen molar-refractivity contribution in [3.05, 3.63) is 59.7 Å². The van der Waals surface area contributed by atoms with Crippen LogP contribution < -0.4 is 14.8 Å². The van der Waals surface area contributed by atoms with Crippen molar-refractivity contribution in [1.82, 2.24) is 10.2 Å². The number of benzene rings is 2. The first kappa shape index (κ1) is 21.2. The second kappa shape index (κ2) is 9.78. The molecule has 2 aromatic rings. The number of likely N-dealkylation sites (N-methyl/N-ethyl adjacent to an activating group) is 1. The number of rotatable bonds is 8. The molecule has 1 N–H and O–H groups in total. The lowest BCUT2D eigenvalue weighted by Crippen LogP contribution is -2.38. The summed E-state index contributed by atoms with van der Waals surface area (Å²) in [6.07, 6.45) is -1.07. The van der Waals surface area contributed by atoms with Gasteiger partial charge in [0, 0.05) is 24.2 Å². The predicted molar refractivity (Wildman–Crippen MR) is 108 cm³/mol. The second-order valence-electron chi connectivity index (χ2n) is 6.54. The summed E-state index contributed by atoms with van der Waals surface area (Å²) in [5, 5.41) is 2.51. The molecule has 0 saturated heterocycles. The maximum atomic E-state index is 12.8. The molecule has 8 heteroatoms. The van der Waals surface area contributed by atoms with Crippen molar-refractivity contribution in [3.8, 4) is 11.5 Å². The van der Waals surface area contributed by atoms with Gasteiger partial charge in [0.05, 0.1) is 0 Å². The molecule has 0 radical (unpaired) electrons. The molecule has 0 unspecified atom stereocenters. The maximum absolute atomic E-state index is 12.8. The van der Waals surface area contributed by atoms with Crippen LogP contribution in [0.5, 0.6) is 11.5 Å². The molecule has 0 aliphatic carbocycles. The van der Waals surface area contributed by atoms with Gasteiger partial charge in [-0.05, 0) is 32.0 Å². The lowest BCUT2D eigenvalue weighted by atomic mass is 10.1. The zero-order valence-electron chi connectivity index (χ0n) is 16.9. The van der Waals surface area contributed by atoms with Crippen LogP contribution >= 0.6 is 0 Å². The largest absolute Gasteiger partial charge is 0.454 e. The number of esters is 1. The highest BCUT2D eigenvalue weighted by molar-refractivity contribution is 5.96. The fourth-order valence-corrected chi connectivity index (χ4v) is 3.06. The Kier molecular flexibility index (Phi) is 6.90. The van der Waals surface area contributed by atoms with Gasteiger partial charge in [0.1, 0.15) is 6.54 Å². The molecular weight excluding hydrogens is 388 g/mol. The van der Waals surface area contributed by atoms with E-state index in [2.05, 4.69) is 5.32 Å². The fourth-order valence-electron chi connectivity index (χ4n) is 3.06. The van der Waals surface area contributed by atoms with E-state index in [1.54, 1.807) is 47.4 Å². The third kappa shape index (κ3) is 4.89. The lowest BCUT2D eigenvalue weighted by Gasteiger charge is -2.25. The van der Waals surface area contributed by atoms with Crippen LogP contribution in [0.1, 0.15) is 35.9 Å². The van der Waals surface area contributed by atoms with Gasteiger partial charge in [0.25, 0.3) is 11.8 Å². The molecule has 0 spiro atoms. The molecule has 3 rings (SSSR count). The van der Waals surface area contributed by atoms with Crippen LogP contribution in [-0.2, 0) is 14.3 Å². The first-order valence-corrected chi connectivity index (χ1v) is 9.74. The van der Waals surface area contributed by atoms with E-state index < -0.39 is 18.0 Å². The summed E-state index contributed by atoms with van der Waals surface area (Å²) in [6.45, 7) is 4.44. The van der Waals surface area contributed by atoms with Crippen molar-refractivity contribution in [3.63, 3.8) is 0 Å². The highest BCUT2D eigenvalue weighted by Gasteiger charge is 2.28. The molecular formula is C22H24N2O6. The van der Waals surface area contributed by atoms with E-state index in [9.17, 15) is 14.4 Å².